The van der Waals surface area contributed by atoms with Crippen molar-refractivity contribution < 1.29 is 4.42 Å². The summed E-state index contributed by atoms with van der Waals surface area (Å²) in [5.41, 5.74) is 9.57. The quantitative estimate of drug-likeness (QED) is 0.749. The minimum Gasteiger partial charge on any atom is -0.458 e. The van der Waals surface area contributed by atoms with E-state index in [4.69, 9.17) is 10.2 Å². The van der Waals surface area contributed by atoms with Gasteiger partial charge in [-0.25, -0.2) is 0 Å². The number of halogens is 1. The largest absolute Gasteiger partial charge is 0.458 e. The lowest BCUT2D eigenvalue weighted by molar-refractivity contribution is 0.524. The van der Waals surface area contributed by atoms with Crippen LogP contribution in [0.15, 0.2) is 57.4 Å². The van der Waals surface area contributed by atoms with Crippen molar-refractivity contribution in [3.05, 3.63) is 69.9 Å². The Hall–Kier alpha value is -1.58. The molecule has 20 heavy (non-hydrogen) atoms. The predicted molar refractivity (Wildman–Crippen MR) is 85.8 cm³/mol. The van der Waals surface area contributed by atoms with Crippen molar-refractivity contribution in [1.29, 1.82) is 0 Å². The van der Waals surface area contributed by atoms with E-state index in [0.717, 1.165) is 33.2 Å². The van der Waals surface area contributed by atoms with Crippen molar-refractivity contribution in [3.63, 3.8) is 0 Å². The normalized spacial score (nSPS) is 12.8. The highest BCUT2D eigenvalue weighted by molar-refractivity contribution is 9.10. The number of para-hydroxylation sites is 1. The Kier molecular flexibility index (Phi) is 3.64. The zero-order valence-electron chi connectivity index (χ0n) is 11.3. The molecule has 1 heterocycles. The zero-order valence-corrected chi connectivity index (χ0v) is 12.9. The molecule has 0 saturated carbocycles. The number of aryl methyl sites for hydroxylation is 1. The Morgan fingerprint density at radius 1 is 1.15 bits per heavy atom. The van der Waals surface area contributed by atoms with Crippen LogP contribution in [0.25, 0.3) is 11.0 Å². The van der Waals surface area contributed by atoms with Gasteiger partial charge in [0.1, 0.15) is 11.3 Å². The second-order valence-corrected chi connectivity index (χ2v) is 5.74. The minimum absolute atomic E-state index is 0.235. The molecule has 0 spiro atoms. The van der Waals surface area contributed by atoms with Gasteiger partial charge < -0.3 is 10.2 Å². The van der Waals surface area contributed by atoms with E-state index in [0.29, 0.717) is 0 Å². The highest BCUT2D eigenvalue weighted by Crippen LogP contribution is 2.31. The van der Waals surface area contributed by atoms with Gasteiger partial charge in [-0.2, -0.15) is 0 Å². The van der Waals surface area contributed by atoms with Gasteiger partial charge in [0, 0.05) is 5.39 Å². The first-order chi connectivity index (χ1) is 9.69. The Bertz CT molecular complexity index is 748. The van der Waals surface area contributed by atoms with Crippen LogP contribution in [-0.2, 0) is 6.42 Å². The predicted octanol–water partition coefficient (Wildman–Crippen LogP) is 4.81. The second-order valence-electron chi connectivity index (χ2n) is 4.88. The molecular weight excluding hydrogens is 314 g/mol. The summed E-state index contributed by atoms with van der Waals surface area (Å²) >= 11 is 3.50. The monoisotopic (exact) mass is 329 g/mol. The molecular formula is C17H16BrNO. The molecule has 0 bridgehead atoms. The Morgan fingerprint density at radius 3 is 2.70 bits per heavy atom. The van der Waals surface area contributed by atoms with Crippen molar-refractivity contribution in [1.82, 2.24) is 0 Å². The topological polar surface area (TPSA) is 39.2 Å². The Labute approximate surface area is 126 Å². The van der Waals surface area contributed by atoms with Crippen LogP contribution in [0.4, 0.5) is 0 Å². The summed E-state index contributed by atoms with van der Waals surface area (Å²) in [6.07, 6.45) is 1.01. The summed E-state index contributed by atoms with van der Waals surface area (Å²) in [6.45, 7) is 2.14. The first kappa shape index (κ1) is 13.4. The van der Waals surface area contributed by atoms with E-state index in [1.165, 1.54) is 5.56 Å². The molecule has 0 radical (unpaired) electrons. The lowest BCUT2D eigenvalue weighted by Crippen LogP contribution is -2.11. The molecule has 2 N–H and O–H groups in total. The van der Waals surface area contributed by atoms with E-state index >= 15 is 0 Å². The van der Waals surface area contributed by atoms with Crippen LogP contribution >= 0.6 is 15.9 Å². The Balaban J connectivity index is 2.03. The number of nitrogens with two attached hydrogens (primary N) is 1. The first-order valence-electron chi connectivity index (χ1n) is 6.71. The van der Waals surface area contributed by atoms with Gasteiger partial charge in [-0.3, -0.25) is 0 Å². The molecule has 1 aromatic heterocycles. The number of benzene rings is 2. The van der Waals surface area contributed by atoms with Crippen LogP contribution in [0.3, 0.4) is 0 Å². The van der Waals surface area contributed by atoms with E-state index in [1.54, 1.807) is 0 Å². The molecule has 0 fully saturated rings. The van der Waals surface area contributed by atoms with E-state index < -0.39 is 0 Å². The van der Waals surface area contributed by atoms with Crippen LogP contribution < -0.4 is 5.73 Å². The summed E-state index contributed by atoms with van der Waals surface area (Å²) in [4.78, 5) is 0. The molecule has 2 aromatic carbocycles. The number of rotatable bonds is 3. The molecule has 3 rings (SSSR count). The highest BCUT2D eigenvalue weighted by atomic mass is 79.9. The van der Waals surface area contributed by atoms with Gasteiger partial charge in [-0.15, -0.1) is 0 Å². The van der Waals surface area contributed by atoms with E-state index in [1.807, 2.05) is 36.4 Å². The molecule has 0 aliphatic carbocycles. The summed E-state index contributed by atoms with van der Waals surface area (Å²) in [7, 11) is 0. The fourth-order valence-electron chi connectivity index (χ4n) is 2.37. The van der Waals surface area contributed by atoms with E-state index in [2.05, 4.69) is 35.0 Å². The fraction of sp³-hybridized carbons (Fsp3) is 0.176. The SMILES string of the molecule is CCc1cccc(C(N)c2cc3cccc(Br)c3o2)c1. The maximum Gasteiger partial charge on any atom is 0.148 e. The summed E-state index contributed by atoms with van der Waals surface area (Å²) in [5.74, 6) is 0.792. The third-order valence-electron chi connectivity index (χ3n) is 3.54. The standard InChI is InChI=1S/C17H16BrNO/c1-2-11-5-3-6-12(9-11)16(19)15-10-13-7-4-8-14(18)17(13)20-15/h3-10,16H,2,19H2,1H3. The second kappa shape index (κ2) is 5.43. The molecule has 0 amide bonds. The van der Waals surface area contributed by atoms with Crippen molar-refractivity contribution >= 4 is 26.9 Å². The summed E-state index contributed by atoms with van der Waals surface area (Å²) in [6, 6.07) is 16.1. The summed E-state index contributed by atoms with van der Waals surface area (Å²) in [5, 5.41) is 1.07. The average molecular weight is 330 g/mol. The van der Waals surface area contributed by atoms with Gasteiger partial charge in [0.05, 0.1) is 10.5 Å². The molecule has 0 saturated heterocycles. The maximum absolute atomic E-state index is 6.34. The lowest BCUT2D eigenvalue weighted by atomic mass is 10.0. The number of hydrogen-bond acceptors (Lipinski definition) is 2. The van der Waals surface area contributed by atoms with E-state index in [-0.39, 0.29) is 6.04 Å². The summed E-state index contributed by atoms with van der Waals surface area (Å²) < 4.78 is 6.87. The number of furan rings is 1. The zero-order chi connectivity index (χ0) is 14.1. The fourth-order valence-corrected chi connectivity index (χ4v) is 2.83. The molecule has 3 aromatic rings. The van der Waals surface area contributed by atoms with Crippen LogP contribution in [0.5, 0.6) is 0 Å². The van der Waals surface area contributed by atoms with Crippen molar-refractivity contribution in [2.24, 2.45) is 5.73 Å². The Morgan fingerprint density at radius 2 is 1.95 bits per heavy atom. The number of fused-ring (bicyclic) bond motifs is 1. The third-order valence-corrected chi connectivity index (χ3v) is 4.16. The lowest BCUT2D eigenvalue weighted by Gasteiger charge is -2.10. The average Bonchev–Trinajstić information content (AvgIpc) is 2.92. The van der Waals surface area contributed by atoms with Gasteiger partial charge in [0.25, 0.3) is 0 Å². The molecule has 2 nitrogen and oxygen atoms in total. The van der Waals surface area contributed by atoms with Crippen molar-refractivity contribution in [2.45, 2.75) is 19.4 Å². The van der Waals surface area contributed by atoms with Gasteiger partial charge in [-0.05, 0) is 45.6 Å². The van der Waals surface area contributed by atoms with Gasteiger partial charge in [-0.1, -0.05) is 43.3 Å². The highest BCUT2D eigenvalue weighted by Gasteiger charge is 2.15. The maximum atomic E-state index is 6.34. The first-order valence-corrected chi connectivity index (χ1v) is 7.50. The molecule has 1 atom stereocenters. The number of hydrogen-bond donors (Lipinski definition) is 1. The van der Waals surface area contributed by atoms with Crippen LogP contribution in [0, 0.1) is 0 Å². The smallest absolute Gasteiger partial charge is 0.148 e. The minimum atomic E-state index is -0.235. The van der Waals surface area contributed by atoms with Crippen molar-refractivity contribution in [2.75, 3.05) is 0 Å². The van der Waals surface area contributed by atoms with E-state index in [9.17, 15) is 0 Å². The van der Waals surface area contributed by atoms with Gasteiger partial charge in [0.2, 0.25) is 0 Å². The third kappa shape index (κ3) is 2.39. The van der Waals surface area contributed by atoms with Crippen LogP contribution in [-0.4, -0.2) is 0 Å². The molecule has 1 unspecified atom stereocenters. The van der Waals surface area contributed by atoms with Gasteiger partial charge >= 0.3 is 0 Å². The molecule has 3 heteroatoms. The van der Waals surface area contributed by atoms with Crippen molar-refractivity contribution in [3.8, 4) is 0 Å². The van der Waals surface area contributed by atoms with Crippen LogP contribution in [0.2, 0.25) is 0 Å². The molecule has 0 aliphatic rings. The van der Waals surface area contributed by atoms with Crippen LogP contribution in [0.1, 0.15) is 29.9 Å². The molecule has 102 valence electrons. The molecule has 0 aliphatic heterocycles. The van der Waals surface area contributed by atoms with Gasteiger partial charge in [0.15, 0.2) is 0 Å².